The van der Waals surface area contributed by atoms with Crippen LogP contribution in [0.1, 0.15) is 24.1 Å². The molecule has 128 valence electrons. The minimum atomic E-state index is -3.68. The highest BCUT2D eigenvalue weighted by atomic mass is 32.2. The lowest BCUT2D eigenvalue weighted by Gasteiger charge is -2.31. The number of nitrogens with zero attached hydrogens (tertiary/aromatic N) is 1. The molecule has 0 aliphatic rings. The van der Waals surface area contributed by atoms with Crippen LogP contribution in [0.25, 0.3) is 0 Å². The van der Waals surface area contributed by atoms with Gasteiger partial charge in [-0.2, -0.15) is 0 Å². The first-order chi connectivity index (χ1) is 12.0. The lowest BCUT2D eigenvalue weighted by atomic mass is 10.1. The third kappa shape index (κ3) is 3.59. The molecule has 3 rings (SSSR count). The Kier molecular flexibility index (Phi) is 4.91. The predicted molar refractivity (Wildman–Crippen MR) is 102 cm³/mol. The largest absolute Gasteiger partial charge is 0.264 e. The quantitative estimate of drug-likeness (QED) is 0.652. The molecule has 0 N–H and O–H groups in total. The fraction of sp³-hybridized carbons (Fsp3) is 0.143. The van der Waals surface area contributed by atoms with E-state index in [0.717, 1.165) is 11.1 Å². The molecule has 0 saturated heterocycles. The van der Waals surface area contributed by atoms with Gasteiger partial charge in [-0.3, -0.25) is 4.31 Å². The van der Waals surface area contributed by atoms with Gasteiger partial charge in [-0.25, -0.2) is 8.42 Å². The number of anilines is 1. The van der Waals surface area contributed by atoms with Gasteiger partial charge in [0, 0.05) is 0 Å². The lowest BCUT2D eigenvalue weighted by molar-refractivity contribution is 0.583. The van der Waals surface area contributed by atoms with Crippen LogP contribution < -0.4 is 4.31 Å². The smallest absolute Gasteiger partial charge is 0.259 e. The second kappa shape index (κ2) is 7.11. The van der Waals surface area contributed by atoms with E-state index < -0.39 is 10.0 Å². The second-order valence-electron chi connectivity index (χ2n) is 6.04. The van der Waals surface area contributed by atoms with Crippen molar-refractivity contribution in [1.29, 1.82) is 0 Å². The molecule has 0 amide bonds. The van der Waals surface area contributed by atoms with Gasteiger partial charge in [0.25, 0.3) is 10.0 Å². The number of benzene rings is 3. The van der Waals surface area contributed by atoms with Crippen LogP contribution in [-0.4, -0.2) is 8.42 Å². The maximum atomic E-state index is 13.4. The highest BCUT2D eigenvalue weighted by Crippen LogP contribution is 2.33. The van der Waals surface area contributed by atoms with E-state index in [9.17, 15) is 8.42 Å². The van der Waals surface area contributed by atoms with Crippen LogP contribution in [0.15, 0.2) is 89.8 Å². The van der Waals surface area contributed by atoms with E-state index in [1.54, 1.807) is 24.3 Å². The molecule has 4 heteroatoms. The normalized spacial score (nSPS) is 12.6. The van der Waals surface area contributed by atoms with Gasteiger partial charge in [0.05, 0.1) is 16.6 Å². The molecule has 3 nitrogen and oxygen atoms in total. The number of hydrogen-bond donors (Lipinski definition) is 0. The summed E-state index contributed by atoms with van der Waals surface area (Å²) in [5, 5.41) is 0. The minimum absolute atomic E-state index is 0.290. The van der Waals surface area contributed by atoms with Gasteiger partial charge < -0.3 is 0 Å². The summed E-state index contributed by atoms with van der Waals surface area (Å²) in [4.78, 5) is 0.290. The molecule has 0 bridgehead atoms. The molecule has 0 aliphatic heterocycles. The van der Waals surface area contributed by atoms with E-state index in [-0.39, 0.29) is 6.04 Å². The zero-order valence-electron chi connectivity index (χ0n) is 14.3. The maximum absolute atomic E-state index is 13.4. The molecule has 0 heterocycles. The van der Waals surface area contributed by atoms with Gasteiger partial charge in [0.1, 0.15) is 0 Å². The molecule has 0 spiro atoms. The number of aryl methyl sites for hydroxylation is 1. The molecule has 3 aromatic rings. The lowest BCUT2D eigenvalue weighted by Crippen LogP contribution is -2.33. The standard InChI is InChI=1S/C21H21NO2S/c1-17-13-15-20(16-14-17)22(18(2)19-9-5-3-6-10-19)25(23,24)21-11-7-4-8-12-21/h3-16,18H,1-2H3. The molecule has 0 radical (unpaired) electrons. The summed E-state index contributed by atoms with van der Waals surface area (Å²) < 4.78 is 28.2. The van der Waals surface area contributed by atoms with Gasteiger partial charge in [0.15, 0.2) is 0 Å². The van der Waals surface area contributed by atoms with Crippen molar-refractivity contribution in [2.45, 2.75) is 24.8 Å². The van der Waals surface area contributed by atoms with Gasteiger partial charge in [0.2, 0.25) is 0 Å². The molecular formula is C21H21NO2S. The summed E-state index contributed by atoms with van der Waals surface area (Å²) >= 11 is 0. The van der Waals surface area contributed by atoms with Crippen LogP contribution in [-0.2, 0) is 10.0 Å². The van der Waals surface area contributed by atoms with E-state index in [1.165, 1.54) is 4.31 Å². The second-order valence-corrected chi connectivity index (χ2v) is 7.85. The number of sulfonamides is 1. The summed E-state index contributed by atoms with van der Waals surface area (Å²) in [7, 11) is -3.68. The van der Waals surface area contributed by atoms with E-state index in [2.05, 4.69) is 0 Å². The van der Waals surface area contributed by atoms with Gasteiger partial charge in [-0.1, -0.05) is 66.2 Å². The van der Waals surface area contributed by atoms with Crippen molar-refractivity contribution in [1.82, 2.24) is 0 Å². The van der Waals surface area contributed by atoms with Crippen molar-refractivity contribution in [2.24, 2.45) is 0 Å². The van der Waals surface area contributed by atoms with Crippen molar-refractivity contribution in [3.8, 4) is 0 Å². The predicted octanol–water partition coefficient (Wildman–Crippen LogP) is 4.95. The first kappa shape index (κ1) is 17.2. The maximum Gasteiger partial charge on any atom is 0.264 e. The molecule has 0 fully saturated rings. The molecule has 0 aliphatic carbocycles. The molecule has 1 atom stereocenters. The van der Waals surface area contributed by atoms with Crippen LogP contribution in [0, 0.1) is 6.92 Å². The Morgan fingerprint density at radius 2 is 1.28 bits per heavy atom. The van der Waals surface area contributed by atoms with Crippen molar-refractivity contribution >= 4 is 15.7 Å². The highest BCUT2D eigenvalue weighted by Gasteiger charge is 2.30. The Labute approximate surface area is 149 Å². The summed E-state index contributed by atoms with van der Waals surface area (Å²) in [6.45, 7) is 3.90. The molecule has 0 saturated carbocycles. The fourth-order valence-corrected chi connectivity index (χ4v) is 4.50. The number of hydrogen-bond acceptors (Lipinski definition) is 2. The topological polar surface area (TPSA) is 37.4 Å². The number of rotatable bonds is 5. The Morgan fingerprint density at radius 3 is 1.84 bits per heavy atom. The fourth-order valence-electron chi connectivity index (χ4n) is 2.84. The summed E-state index contributed by atoms with van der Waals surface area (Å²) in [6.07, 6.45) is 0. The van der Waals surface area contributed by atoms with Crippen molar-refractivity contribution in [3.63, 3.8) is 0 Å². The highest BCUT2D eigenvalue weighted by molar-refractivity contribution is 7.92. The van der Waals surface area contributed by atoms with Gasteiger partial charge >= 0.3 is 0 Å². The summed E-state index contributed by atoms with van der Waals surface area (Å²) in [6, 6.07) is 25.5. The van der Waals surface area contributed by atoms with E-state index in [4.69, 9.17) is 0 Å². The van der Waals surface area contributed by atoms with Crippen molar-refractivity contribution in [2.75, 3.05) is 4.31 Å². The van der Waals surface area contributed by atoms with E-state index in [0.29, 0.717) is 10.6 Å². The minimum Gasteiger partial charge on any atom is -0.259 e. The Balaban J connectivity index is 2.14. The molecule has 3 aromatic carbocycles. The van der Waals surface area contributed by atoms with E-state index >= 15 is 0 Å². The average molecular weight is 351 g/mol. The summed E-state index contributed by atoms with van der Waals surface area (Å²) in [5.41, 5.74) is 2.70. The van der Waals surface area contributed by atoms with Crippen LogP contribution in [0.4, 0.5) is 5.69 Å². The first-order valence-electron chi connectivity index (χ1n) is 8.21. The molecule has 1 unspecified atom stereocenters. The van der Waals surface area contributed by atoms with Crippen molar-refractivity contribution in [3.05, 3.63) is 96.1 Å². The van der Waals surface area contributed by atoms with Crippen molar-refractivity contribution < 1.29 is 8.42 Å². The summed E-state index contributed by atoms with van der Waals surface area (Å²) in [5.74, 6) is 0. The zero-order valence-corrected chi connectivity index (χ0v) is 15.1. The van der Waals surface area contributed by atoms with Crippen LogP contribution in [0.2, 0.25) is 0 Å². The SMILES string of the molecule is Cc1ccc(N(C(C)c2ccccc2)S(=O)(=O)c2ccccc2)cc1. The van der Waals surface area contributed by atoms with E-state index in [1.807, 2.05) is 74.5 Å². The monoisotopic (exact) mass is 351 g/mol. The Bertz CT molecular complexity index is 921. The third-order valence-electron chi connectivity index (χ3n) is 4.22. The van der Waals surface area contributed by atoms with Crippen LogP contribution in [0.3, 0.4) is 0 Å². The van der Waals surface area contributed by atoms with Crippen LogP contribution in [0.5, 0.6) is 0 Å². The molecular weight excluding hydrogens is 330 g/mol. The third-order valence-corrected chi connectivity index (χ3v) is 6.14. The first-order valence-corrected chi connectivity index (χ1v) is 9.65. The van der Waals surface area contributed by atoms with Crippen LogP contribution >= 0.6 is 0 Å². The molecule has 25 heavy (non-hydrogen) atoms. The average Bonchev–Trinajstić information content (AvgIpc) is 2.65. The Morgan fingerprint density at radius 1 is 0.760 bits per heavy atom. The van der Waals surface area contributed by atoms with Gasteiger partial charge in [-0.15, -0.1) is 0 Å². The Hall–Kier alpha value is -2.59. The van der Waals surface area contributed by atoms with Gasteiger partial charge in [-0.05, 0) is 43.7 Å². The zero-order chi connectivity index (χ0) is 17.9. The molecule has 0 aromatic heterocycles.